The maximum Gasteiger partial charge on any atom is 0.311 e. The fourth-order valence-corrected chi connectivity index (χ4v) is 4.37. The highest BCUT2D eigenvalue weighted by Gasteiger charge is 2.27. The molecule has 2 heterocycles. The van der Waals surface area contributed by atoms with Gasteiger partial charge in [0.1, 0.15) is 11.9 Å². The van der Waals surface area contributed by atoms with Gasteiger partial charge in [-0.3, -0.25) is 15.0 Å². The molecule has 0 spiro atoms. The number of piperidine rings is 1. The molecule has 0 amide bonds. The topological polar surface area (TPSA) is 71.3 Å². The molecule has 0 radical (unpaired) electrons. The number of fused-ring (bicyclic) bond motifs is 1. The highest BCUT2D eigenvalue weighted by molar-refractivity contribution is 5.97. The van der Waals surface area contributed by atoms with Crippen molar-refractivity contribution in [3.8, 4) is 11.1 Å². The van der Waals surface area contributed by atoms with Crippen molar-refractivity contribution in [2.24, 2.45) is 5.92 Å². The van der Waals surface area contributed by atoms with E-state index in [4.69, 9.17) is 0 Å². The molecule has 1 aromatic heterocycles. The lowest BCUT2D eigenvalue weighted by Crippen LogP contribution is -2.46. The van der Waals surface area contributed by atoms with E-state index in [-0.39, 0.29) is 16.1 Å². The summed E-state index contributed by atoms with van der Waals surface area (Å²) in [4.78, 5) is 18.2. The third kappa shape index (κ3) is 4.69. The molecule has 4 rings (SSSR count). The zero-order chi connectivity index (χ0) is 22.0. The average molecular weight is 419 g/mol. The van der Waals surface area contributed by atoms with Crippen molar-refractivity contribution in [2.45, 2.75) is 39.2 Å². The number of anilines is 1. The van der Waals surface area contributed by atoms with E-state index in [0.717, 1.165) is 54.5 Å². The third-order valence-corrected chi connectivity index (χ3v) is 6.28. The van der Waals surface area contributed by atoms with Gasteiger partial charge in [-0.25, -0.2) is 4.98 Å². The average Bonchev–Trinajstić information content (AvgIpc) is 2.77. The summed E-state index contributed by atoms with van der Waals surface area (Å²) in [5, 5.41) is 15.9. The van der Waals surface area contributed by atoms with Crippen LogP contribution in [0.15, 0.2) is 54.7 Å². The number of hydrogen-bond acceptors (Lipinski definition) is 5. The van der Waals surface area contributed by atoms with Gasteiger partial charge in [-0.15, -0.1) is 0 Å². The van der Waals surface area contributed by atoms with E-state index in [2.05, 4.69) is 48.1 Å². The van der Waals surface area contributed by atoms with Crippen molar-refractivity contribution in [1.29, 1.82) is 0 Å². The Kier molecular flexibility index (Phi) is 5.92. The fourth-order valence-electron chi connectivity index (χ4n) is 4.37. The zero-order valence-corrected chi connectivity index (χ0v) is 18.5. The summed E-state index contributed by atoms with van der Waals surface area (Å²) in [5.41, 5.74) is 3.71. The van der Waals surface area contributed by atoms with Gasteiger partial charge in [0.15, 0.2) is 0 Å². The lowest BCUT2D eigenvalue weighted by atomic mass is 9.93. The van der Waals surface area contributed by atoms with Crippen molar-refractivity contribution in [2.75, 3.05) is 25.0 Å². The van der Waals surface area contributed by atoms with Crippen LogP contribution in [0, 0.1) is 16.0 Å². The number of nitrogens with zero attached hydrogens (tertiary/aromatic N) is 3. The lowest BCUT2D eigenvalue weighted by molar-refractivity contribution is -0.384. The number of pyridine rings is 1. The summed E-state index contributed by atoms with van der Waals surface area (Å²) in [7, 11) is 0. The van der Waals surface area contributed by atoms with Crippen LogP contribution >= 0.6 is 0 Å². The molecule has 0 atom stereocenters. The second-order valence-corrected chi connectivity index (χ2v) is 9.36. The molecule has 1 aliphatic heterocycles. The standard InChI is InChI=1S/C25H30N4O2/c1-25(2,3)28-13-11-18(12-14-28)16-27-24-21-10-9-20(19-7-5-4-6-8-19)15-22(21)26-17-23(24)29(30)31/h4-10,15,17-18H,11-14,16H2,1-3H3,(H,26,27). The molecule has 0 saturated carbocycles. The number of nitro groups is 1. The van der Waals surface area contributed by atoms with Gasteiger partial charge in [0.25, 0.3) is 0 Å². The van der Waals surface area contributed by atoms with Crippen LogP contribution in [-0.2, 0) is 0 Å². The second-order valence-electron chi connectivity index (χ2n) is 9.36. The maximum atomic E-state index is 11.7. The predicted octanol–water partition coefficient (Wildman–Crippen LogP) is 5.73. The van der Waals surface area contributed by atoms with Crippen molar-refractivity contribution >= 4 is 22.3 Å². The Balaban J connectivity index is 1.57. The van der Waals surface area contributed by atoms with E-state index in [9.17, 15) is 10.1 Å². The third-order valence-electron chi connectivity index (χ3n) is 6.28. The zero-order valence-electron chi connectivity index (χ0n) is 18.5. The van der Waals surface area contributed by atoms with Crippen LogP contribution in [0.25, 0.3) is 22.0 Å². The summed E-state index contributed by atoms with van der Waals surface area (Å²) in [6, 6.07) is 16.0. The number of aromatic nitrogens is 1. The molecule has 0 unspecified atom stereocenters. The number of rotatable bonds is 5. The second kappa shape index (κ2) is 8.63. The fraction of sp³-hybridized carbons (Fsp3) is 0.400. The van der Waals surface area contributed by atoms with Gasteiger partial charge < -0.3 is 5.32 Å². The van der Waals surface area contributed by atoms with E-state index in [1.807, 2.05) is 36.4 Å². The normalized spacial score (nSPS) is 15.8. The summed E-state index contributed by atoms with van der Waals surface area (Å²) >= 11 is 0. The van der Waals surface area contributed by atoms with E-state index in [0.29, 0.717) is 11.6 Å². The highest BCUT2D eigenvalue weighted by Crippen LogP contribution is 2.34. The number of benzene rings is 2. The Labute approximate surface area is 183 Å². The summed E-state index contributed by atoms with van der Waals surface area (Å²) in [6.45, 7) is 9.62. The molecule has 1 saturated heterocycles. The van der Waals surface area contributed by atoms with Gasteiger partial charge in [-0.2, -0.15) is 0 Å². The molecule has 1 N–H and O–H groups in total. The molecule has 2 aromatic carbocycles. The van der Waals surface area contributed by atoms with Gasteiger partial charge in [0, 0.05) is 17.5 Å². The van der Waals surface area contributed by atoms with Crippen molar-refractivity contribution < 1.29 is 4.92 Å². The predicted molar refractivity (Wildman–Crippen MR) is 126 cm³/mol. The highest BCUT2D eigenvalue weighted by atomic mass is 16.6. The lowest BCUT2D eigenvalue weighted by Gasteiger charge is -2.41. The van der Waals surface area contributed by atoms with Crippen LogP contribution in [0.2, 0.25) is 0 Å². The first-order chi connectivity index (χ1) is 14.8. The molecule has 3 aromatic rings. The number of nitrogens with one attached hydrogen (secondary N) is 1. The monoisotopic (exact) mass is 418 g/mol. The summed E-state index contributed by atoms with van der Waals surface area (Å²) in [6.07, 6.45) is 3.57. The molecule has 1 fully saturated rings. The van der Waals surface area contributed by atoms with Crippen molar-refractivity contribution in [3.63, 3.8) is 0 Å². The minimum atomic E-state index is -0.345. The first-order valence-corrected chi connectivity index (χ1v) is 10.9. The molecule has 6 heteroatoms. The van der Waals surface area contributed by atoms with Crippen LogP contribution in [0.5, 0.6) is 0 Å². The Morgan fingerprint density at radius 1 is 1.10 bits per heavy atom. The van der Waals surface area contributed by atoms with Crippen molar-refractivity contribution in [1.82, 2.24) is 9.88 Å². The summed E-state index contributed by atoms with van der Waals surface area (Å²) in [5.74, 6) is 0.505. The first kappa shape index (κ1) is 21.2. The first-order valence-electron chi connectivity index (χ1n) is 10.9. The van der Waals surface area contributed by atoms with E-state index < -0.39 is 0 Å². The van der Waals surface area contributed by atoms with Gasteiger partial charge in [-0.05, 0) is 75.9 Å². The number of hydrogen-bond donors (Lipinski definition) is 1. The molecule has 0 aliphatic carbocycles. The molecule has 1 aliphatic rings. The van der Waals surface area contributed by atoms with Crippen LogP contribution in [0.3, 0.4) is 0 Å². The Morgan fingerprint density at radius 3 is 2.45 bits per heavy atom. The SMILES string of the molecule is CC(C)(C)N1CCC(CNc2c([N+](=O)[O-])cnc3cc(-c4ccccc4)ccc23)CC1. The van der Waals surface area contributed by atoms with Crippen LogP contribution in [-0.4, -0.2) is 40.0 Å². The Morgan fingerprint density at radius 2 is 1.81 bits per heavy atom. The minimum absolute atomic E-state index is 0.0343. The largest absolute Gasteiger partial charge is 0.379 e. The number of likely N-dealkylation sites (tertiary alicyclic amines) is 1. The molecule has 31 heavy (non-hydrogen) atoms. The smallest absolute Gasteiger partial charge is 0.311 e. The molecular weight excluding hydrogens is 388 g/mol. The van der Waals surface area contributed by atoms with Crippen LogP contribution < -0.4 is 5.32 Å². The molecular formula is C25H30N4O2. The van der Waals surface area contributed by atoms with Gasteiger partial charge in [0.05, 0.1) is 10.4 Å². The Bertz CT molecular complexity index is 1070. The molecule has 0 bridgehead atoms. The quantitative estimate of drug-likeness (QED) is 0.423. The van der Waals surface area contributed by atoms with Gasteiger partial charge in [0.2, 0.25) is 0 Å². The van der Waals surface area contributed by atoms with E-state index >= 15 is 0 Å². The minimum Gasteiger partial charge on any atom is -0.379 e. The van der Waals surface area contributed by atoms with Crippen LogP contribution in [0.4, 0.5) is 11.4 Å². The molecule has 6 nitrogen and oxygen atoms in total. The van der Waals surface area contributed by atoms with Crippen molar-refractivity contribution in [3.05, 3.63) is 64.8 Å². The summed E-state index contributed by atoms with van der Waals surface area (Å²) < 4.78 is 0. The van der Waals surface area contributed by atoms with E-state index in [1.165, 1.54) is 6.20 Å². The maximum absolute atomic E-state index is 11.7. The van der Waals surface area contributed by atoms with Crippen LogP contribution in [0.1, 0.15) is 33.6 Å². The van der Waals surface area contributed by atoms with E-state index in [1.54, 1.807) is 0 Å². The van der Waals surface area contributed by atoms with Gasteiger partial charge >= 0.3 is 5.69 Å². The van der Waals surface area contributed by atoms with Gasteiger partial charge in [-0.1, -0.05) is 36.4 Å². The molecule has 162 valence electrons. The Hall–Kier alpha value is -2.99.